The molecule has 0 saturated heterocycles. The first-order chi connectivity index (χ1) is 7.27. The summed E-state index contributed by atoms with van der Waals surface area (Å²) < 4.78 is 26.0. The van der Waals surface area contributed by atoms with Gasteiger partial charge in [0.05, 0.1) is 6.54 Å². The van der Waals surface area contributed by atoms with Crippen LogP contribution in [-0.4, -0.2) is 19.0 Å². The Kier molecular flexibility index (Phi) is 2.80. The number of hydrogen-bond acceptors (Lipinski definition) is 3. The lowest BCUT2D eigenvalue weighted by Gasteiger charge is -2.07. The van der Waals surface area contributed by atoms with E-state index in [-0.39, 0.29) is 6.54 Å². The van der Waals surface area contributed by atoms with Crippen molar-refractivity contribution in [1.82, 2.24) is 10.6 Å². The third-order valence-electron chi connectivity index (χ3n) is 2.15. The first-order valence-corrected chi connectivity index (χ1v) is 4.72. The van der Waals surface area contributed by atoms with Crippen LogP contribution < -0.4 is 10.6 Å². The zero-order chi connectivity index (χ0) is 10.7. The van der Waals surface area contributed by atoms with E-state index in [2.05, 4.69) is 15.6 Å². The Balaban J connectivity index is 2.01. The van der Waals surface area contributed by atoms with Crippen molar-refractivity contribution in [2.75, 3.05) is 13.1 Å². The average Bonchev–Trinajstić information content (AvgIpc) is 2.73. The zero-order valence-corrected chi connectivity index (χ0v) is 8.06. The van der Waals surface area contributed by atoms with Gasteiger partial charge in [-0.25, -0.2) is 8.78 Å². The maximum absolute atomic E-state index is 13.2. The second-order valence-corrected chi connectivity index (χ2v) is 3.22. The van der Waals surface area contributed by atoms with E-state index < -0.39 is 11.6 Å². The van der Waals surface area contributed by atoms with Crippen LogP contribution >= 0.6 is 0 Å². The van der Waals surface area contributed by atoms with E-state index in [1.165, 1.54) is 6.07 Å². The van der Waals surface area contributed by atoms with Gasteiger partial charge in [0, 0.05) is 18.7 Å². The quantitative estimate of drug-likeness (QED) is 0.766. The molecule has 0 aromatic heterocycles. The molecule has 0 bridgehead atoms. The van der Waals surface area contributed by atoms with Gasteiger partial charge in [0.15, 0.2) is 17.6 Å². The lowest BCUT2D eigenvalue weighted by atomic mass is 10.2. The van der Waals surface area contributed by atoms with Crippen LogP contribution in [0.25, 0.3) is 0 Å². The third kappa shape index (κ3) is 2.23. The van der Waals surface area contributed by atoms with Crippen molar-refractivity contribution in [3.8, 4) is 0 Å². The van der Waals surface area contributed by atoms with Gasteiger partial charge in [-0.3, -0.25) is 4.99 Å². The summed E-state index contributed by atoms with van der Waals surface area (Å²) in [7, 11) is 0. The average molecular weight is 211 g/mol. The van der Waals surface area contributed by atoms with Gasteiger partial charge in [-0.15, -0.1) is 0 Å². The first kappa shape index (κ1) is 9.89. The lowest BCUT2D eigenvalue weighted by molar-refractivity contribution is 0.497. The van der Waals surface area contributed by atoms with Crippen LogP contribution in [0.4, 0.5) is 8.78 Å². The smallest absolute Gasteiger partial charge is 0.191 e. The number of guanidine groups is 1. The third-order valence-corrected chi connectivity index (χ3v) is 2.15. The van der Waals surface area contributed by atoms with Crippen LogP contribution in [0.5, 0.6) is 0 Å². The summed E-state index contributed by atoms with van der Waals surface area (Å²) >= 11 is 0. The van der Waals surface area contributed by atoms with E-state index in [0.717, 1.165) is 12.6 Å². The number of rotatable bonds is 2. The molecule has 2 N–H and O–H groups in total. The van der Waals surface area contributed by atoms with Crippen molar-refractivity contribution in [2.24, 2.45) is 4.99 Å². The molecule has 1 aromatic rings. The van der Waals surface area contributed by atoms with Crippen molar-refractivity contribution in [3.63, 3.8) is 0 Å². The number of halogens is 2. The Hall–Kier alpha value is -1.65. The molecule has 2 rings (SSSR count). The fraction of sp³-hybridized carbons (Fsp3) is 0.300. The van der Waals surface area contributed by atoms with Crippen molar-refractivity contribution < 1.29 is 8.78 Å². The van der Waals surface area contributed by atoms with Crippen LogP contribution in [0, 0.1) is 11.6 Å². The minimum absolute atomic E-state index is 0.232. The van der Waals surface area contributed by atoms with E-state index >= 15 is 0 Å². The summed E-state index contributed by atoms with van der Waals surface area (Å²) in [6.45, 7) is 1.73. The molecule has 0 radical (unpaired) electrons. The highest BCUT2D eigenvalue weighted by atomic mass is 19.2. The highest BCUT2D eigenvalue weighted by molar-refractivity contribution is 5.81. The minimum atomic E-state index is -0.824. The molecule has 1 heterocycles. The minimum Gasteiger partial charge on any atom is -0.355 e. The molecular formula is C10H11F2N3. The van der Waals surface area contributed by atoms with Crippen LogP contribution in [0.1, 0.15) is 5.56 Å². The molecule has 0 saturated carbocycles. The Morgan fingerprint density at radius 2 is 2.27 bits per heavy atom. The molecule has 0 amide bonds. The standard InChI is InChI=1S/C10H11F2N3/c11-8-3-1-2-7(9(8)12)6-15-10-13-4-5-14-10/h1-3H,4-6H2,(H2,13,14,15). The second kappa shape index (κ2) is 4.25. The Morgan fingerprint density at radius 1 is 1.40 bits per heavy atom. The molecule has 0 unspecified atom stereocenters. The summed E-state index contributed by atoms with van der Waals surface area (Å²) in [6, 6.07) is 4.13. The fourth-order valence-electron chi connectivity index (χ4n) is 1.38. The number of hydrogen-bond donors (Lipinski definition) is 2. The highest BCUT2D eigenvalue weighted by Gasteiger charge is 2.09. The molecule has 80 valence electrons. The molecule has 5 heteroatoms. The van der Waals surface area contributed by atoms with Crippen LogP contribution in [0.2, 0.25) is 0 Å². The highest BCUT2D eigenvalue weighted by Crippen LogP contribution is 2.10. The lowest BCUT2D eigenvalue weighted by Crippen LogP contribution is -2.33. The molecule has 3 nitrogen and oxygen atoms in total. The van der Waals surface area contributed by atoms with Gasteiger partial charge < -0.3 is 10.6 Å². The van der Waals surface area contributed by atoms with E-state index in [9.17, 15) is 8.78 Å². The summed E-state index contributed by atoms with van der Waals surface area (Å²) in [5.41, 5.74) is 0.298. The van der Waals surface area contributed by atoms with Crippen LogP contribution in [-0.2, 0) is 6.54 Å². The summed E-state index contributed by atoms with van der Waals surface area (Å²) in [5, 5.41) is 5.88. The van der Waals surface area contributed by atoms with Gasteiger partial charge in [-0.05, 0) is 6.07 Å². The zero-order valence-electron chi connectivity index (χ0n) is 8.06. The van der Waals surface area contributed by atoms with Crippen LogP contribution in [0.15, 0.2) is 23.2 Å². The largest absolute Gasteiger partial charge is 0.355 e. The Bertz CT molecular complexity index is 390. The van der Waals surface area contributed by atoms with E-state index in [1.54, 1.807) is 6.07 Å². The van der Waals surface area contributed by atoms with Crippen molar-refractivity contribution >= 4 is 5.96 Å². The molecular weight excluding hydrogens is 200 g/mol. The van der Waals surface area contributed by atoms with Crippen molar-refractivity contribution in [3.05, 3.63) is 35.4 Å². The maximum atomic E-state index is 13.2. The number of nitrogens with one attached hydrogen (secondary N) is 2. The Labute approximate surface area is 86.2 Å². The van der Waals surface area contributed by atoms with Gasteiger partial charge in [0.1, 0.15) is 0 Å². The molecule has 15 heavy (non-hydrogen) atoms. The van der Waals surface area contributed by atoms with Crippen molar-refractivity contribution in [2.45, 2.75) is 6.54 Å². The van der Waals surface area contributed by atoms with Gasteiger partial charge >= 0.3 is 0 Å². The molecule has 0 atom stereocenters. The van der Waals surface area contributed by atoms with E-state index in [1.807, 2.05) is 0 Å². The van der Waals surface area contributed by atoms with Crippen LogP contribution in [0.3, 0.4) is 0 Å². The Morgan fingerprint density at radius 3 is 3.00 bits per heavy atom. The topological polar surface area (TPSA) is 36.4 Å². The molecule has 1 aromatic carbocycles. The van der Waals surface area contributed by atoms with Gasteiger partial charge in [-0.2, -0.15) is 0 Å². The number of benzene rings is 1. The normalized spacial score (nSPS) is 14.7. The summed E-state index contributed by atoms with van der Waals surface area (Å²) in [5.74, 6) is -0.988. The predicted molar refractivity (Wildman–Crippen MR) is 53.5 cm³/mol. The van der Waals surface area contributed by atoms with Gasteiger partial charge in [0.2, 0.25) is 0 Å². The molecule has 1 aliphatic heterocycles. The maximum Gasteiger partial charge on any atom is 0.191 e. The monoisotopic (exact) mass is 211 g/mol. The van der Waals surface area contributed by atoms with Gasteiger partial charge in [0.25, 0.3) is 0 Å². The van der Waals surface area contributed by atoms with E-state index in [0.29, 0.717) is 18.1 Å². The first-order valence-electron chi connectivity index (χ1n) is 4.72. The second-order valence-electron chi connectivity index (χ2n) is 3.22. The summed E-state index contributed by atoms with van der Waals surface area (Å²) in [4.78, 5) is 4.08. The van der Waals surface area contributed by atoms with Gasteiger partial charge in [-0.1, -0.05) is 12.1 Å². The fourth-order valence-corrected chi connectivity index (χ4v) is 1.38. The number of aliphatic imine (C=N–C) groups is 1. The predicted octanol–water partition coefficient (Wildman–Crippen LogP) is 1.01. The molecule has 1 aliphatic rings. The van der Waals surface area contributed by atoms with E-state index in [4.69, 9.17) is 0 Å². The van der Waals surface area contributed by atoms with Crippen molar-refractivity contribution in [1.29, 1.82) is 0 Å². The molecule has 0 spiro atoms. The molecule has 0 fully saturated rings. The SMILES string of the molecule is Fc1cccc(CNC2=NCCN2)c1F. The summed E-state index contributed by atoms with van der Waals surface area (Å²) in [6.07, 6.45) is 0. The number of nitrogens with zero attached hydrogens (tertiary/aromatic N) is 1. The molecule has 0 aliphatic carbocycles.